The number of nitrogens with zero attached hydrogens (tertiary/aromatic N) is 1. The molecule has 0 aromatic carbocycles. The van der Waals surface area contributed by atoms with Crippen LogP contribution in [0, 0.1) is 0 Å². The number of hydrogen-bond donors (Lipinski definition) is 1. The Bertz CT molecular complexity index is 401. The zero-order valence-corrected chi connectivity index (χ0v) is 9.42. The average Bonchev–Trinajstić information content (AvgIpc) is 2.20. The minimum atomic E-state index is -0.138. The zero-order chi connectivity index (χ0) is 11.3. The van der Waals surface area contributed by atoms with Crippen LogP contribution in [-0.2, 0) is 11.3 Å². The fraction of sp³-hybridized carbons (Fsp3) is 0.400. The van der Waals surface area contributed by atoms with Gasteiger partial charge in [0.25, 0.3) is 5.56 Å². The molecule has 1 aromatic rings. The quantitative estimate of drug-likeness (QED) is 0.587. The van der Waals surface area contributed by atoms with Gasteiger partial charge in [-0.05, 0) is 18.6 Å². The smallest absolute Gasteiger partial charge is 0.260 e. The first-order valence-corrected chi connectivity index (χ1v) is 5.06. The van der Waals surface area contributed by atoms with Crippen molar-refractivity contribution in [3.63, 3.8) is 0 Å². The van der Waals surface area contributed by atoms with E-state index in [0.29, 0.717) is 18.7 Å². The van der Waals surface area contributed by atoms with Gasteiger partial charge in [0.2, 0.25) is 0 Å². The summed E-state index contributed by atoms with van der Waals surface area (Å²) in [6, 6.07) is 3.40. The van der Waals surface area contributed by atoms with Gasteiger partial charge in [0, 0.05) is 26.5 Å². The molecule has 82 valence electrons. The molecule has 1 aromatic heterocycles. The Kier molecular flexibility index (Phi) is 4.45. The predicted molar refractivity (Wildman–Crippen MR) is 63.1 cm³/mol. The first-order chi connectivity index (χ1) is 7.16. The third kappa shape index (κ3) is 3.14. The first kappa shape index (κ1) is 11.9. The van der Waals surface area contributed by atoms with Crippen molar-refractivity contribution in [2.75, 3.05) is 13.7 Å². The van der Waals surface area contributed by atoms with Gasteiger partial charge in [0.05, 0.1) is 5.56 Å². The second-order valence-corrected chi connectivity index (χ2v) is 3.57. The second kappa shape index (κ2) is 5.63. The predicted octanol–water partition coefficient (Wildman–Crippen LogP) is 0.519. The summed E-state index contributed by atoms with van der Waals surface area (Å²) < 4.78 is 6.51. The van der Waals surface area contributed by atoms with Gasteiger partial charge in [-0.2, -0.15) is 0 Å². The molecule has 1 heterocycles. The summed E-state index contributed by atoms with van der Waals surface area (Å²) in [5, 5.41) is 0. The molecule has 2 N–H and O–H groups in total. The van der Waals surface area contributed by atoms with Gasteiger partial charge in [-0.3, -0.25) is 4.79 Å². The van der Waals surface area contributed by atoms with Gasteiger partial charge < -0.3 is 15.0 Å². The van der Waals surface area contributed by atoms with Crippen molar-refractivity contribution < 1.29 is 4.74 Å². The van der Waals surface area contributed by atoms with Gasteiger partial charge in [-0.25, -0.2) is 0 Å². The second-order valence-electron chi connectivity index (χ2n) is 3.13. The molecule has 0 aliphatic carbocycles. The lowest BCUT2D eigenvalue weighted by Crippen LogP contribution is -2.28. The molecule has 1 rings (SSSR count). The molecule has 0 amide bonds. The topological polar surface area (TPSA) is 57.2 Å². The van der Waals surface area contributed by atoms with Crippen molar-refractivity contribution in [1.82, 2.24) is 4.57 Å². The number of thiocarbonyl (C=S) groups is 1. The summed E-state index contributed by atoms with van der Waals surface area (Å²) in [4.78, 5) is 11.9. The molecule has 0 radical (unpaired) electrons. The maximum atomic E-state index is 11.8. The van der Waals surface area contributed by atoms with Crippen molar-refractivity contribution in [3.05, 3.63) is 34.2 Å². The van der Waals surface area contributed by atoms with Gasteiger partial charge in [-0.1, -0.05) is 12.2 Å². The van der Waals surface area contributed by atoms with Crippen LogP contribution in [-0.4, -0.2) is 23.3 Å². The minimum absolute atomic E-state index is 0.138. The molecule has 0 unspecified atom stereocenters. The van der Waals surface area contributed by atoms with E-state index in [1.165, 1.54) is 0 Å². The SMILES string of the molecule is COCCCn1cccc(C(N)=S)c1=O. The van der Waals surface area contributed by atoms with Crippen molar-refractivity contribution in [3.8, 4) is 0 Å². The van der Waals surface area contributed by atoms with Crippen LogP contribution < -0.4 is 11.3 Å². The standard InChI is InChI=1S/C10H14N2O2S/c1-14-7-3-6-12-5-2-4-8(9(11)15)10(12)13/h2,4-5H,3,6-7H2,1H3,(H2,11,15). The first-order valence-electron chi connectivity index (χ1n) is 4.65. The highest BCUT2D eigenvalue weighted by Gasteiger charge is 2.04. The highest BCUT2D eigenvalue weighted by atomic mass is 32.1. The Morgan fingerprint density at radius 3 is 3.00 bits per heavy atom. The Labute approximate surface area is 93.7 Å². The van der Waals surface area contributed by atoms with Crippen LogP contribution in [0.2, 0.25) is 0 Å². The number of nitrogens with two attached hydrogens (primary N) is 1. The summed E-state index contributed by atoms with van der Waals surface area (Å²) in [5.74, 6) is 0. The maximum absolute atomic E-state index is 11.8. The summed E-state index contributed by atoms with van der Waals surface area (Å²) in [6.45, 7) is 1.24. The molecule has 0 fully saturated rings. The molecule has 0 saturated heterocycles. The lowest BCUT2D eigenvalue weighted by Gasteiger charge is -2.06. The molecule has 4 nitrogen and oxygen atoms in total. The molecule has 5 heteroatoms. The minimum Gasteiger partial charge on any atom is -0.389 e. The number of rotatable bonds is 5. The summed E-state index contributed by atoms with van der Waals surface area (Å²) >= 11 is 4.78. The molecule has 0 aliphatic heterocycles. The van der Waals surface area contributed by atoms with Crippen molar-refractivity contribution >= 4 is 17.2 Å². The molecular formula is C10H14N2O2S. The Hall–Kier alpha value is -1.20. The van der Waals surface area contributed by atoms with Crippen LogP contribution in [0.15, 0.2) is 23.1 Å². The van der Waals surface area contributed by atoms with E-state index < -0.39 is 0 Å². The van der Waals surface area contributed by atoms with Crippen molar-refractivity contribution in [2.45, 2.75) is 13.0 Å². The summed E-state index contributed by atoms with van der Waals surface area (Å²) in [6.07, 6.45) is 2.51. The van der Waals surface area contributed by atoms with E-state index in [1.54, 1.807) is 30.0 Å². The van der Waals surface area contributed by atoms with E-state index in [4.69, 9.17) is 22.7 Å². The molecular weight excluding hydrogens is 212 g/mol. The lowest BCUT2D eigenvalue weighted by molar-refractivity contribution is 0.190. The van der Waals surface area contributed by atoms with Crippen LogP contribution in [0.3, 0.4) is 0 Å². The highest BCUT2D eigenvalue weighted by molar-refractivity contribution is 7.80. The molecule has 0 saturated carbocycles. The van der Waals surface area contributed by atoms with Crippen molar-refractivity contribution in [1.29, 1.82) is 0 Å². The van der Waals surface area contributed by atoms with Gasteiger partial charge in [0.15, 0.2) is 0 Å². The summed E-state index contributed by atoms with van der Waals surface area (Å²) in [5.41, 5.74) is 5.69. The number of methoxy groups -OCH3 is 1. The van der Waals surface area contributed by atoms with E-state index in [-0.39, 0.29) is 10.5 Å². The van der Waals surface area contributed by atoms with E-state index in [2.05, 4.69) is 0 Å². The Morgan fingerprint density at radius 1 is 1.67 bits per heavy atom. The lowest BCUT2D eigenvalue weighted by atomic mass is 10.2. The van der Waals surface area contributed by atoms with E-state index in [9.17, 15) is 4.79 Å². The highest BCUT2D eigenvalue weighted by Crippen LogP contribution is 1.94. The largest absolute Gasteiger partial charge is 0.389 e. The molecule has 0 atom stereocenters. The number of pyridine rings is 1. The fourth-order valence-corrected chi connectivity index (χ4v) is 1.44. The molecule has 15 heavy (non-hydrogen) atoms. The normalized spacial score (nSPS) is 10.2. The number of ether oxygens (including phenoxy) is 1. The van der Waals surface area contributed by atoms with Crippen LogP contribution in [0.5, 0.6) is 0 Å². The summed E-state index contributed by atoms with van der Waals surface area (Å²) in [7, 11) is 1.63. The third-order valence-corrected chi connectivity index (χ3v) is 2.25. The van der Waals surface area contributed by atoms with Crippen molar-refractivity contribution in [2.24, 2.45) is 5.73 Å². The Morgan fingerprint density at radius 2 is 2.40 bits per heavy atom. The molecule has 0 bridgehead atoms. The van der Waals surface area contributed by atoms with Crippen LogP contribution in [0.1, 0.15) is 12.0 Å². The van der Waals surface area contributed by atoms with E-state index >= 15 is 0 Å². The average molecular weight is 226 g/mol. The number of hydrogen-bond acceptors (Lipinski definition) is 3. The fourth-order valence-electron chi connectivity index (χ4n) is 1.28. The number of aromatic nitrogens is 1. The van der Waals surface area contributed by atoms with E-state index in [1.807, 2.05) is 0 Å². The van der Waals surface area contributed by atoms with Gasteiger partial charge >= 0.3 is 0 Å². The third-order valence-electron chi connectivity index (χ3n) is 2.03. The zero-order valence-electron chi connectivity index (χ0n) is 8.60. The monoisotopic (exact) mass is 226 g/mol. The van der Waals surface area contributed by atoms with E-state index in [0.717, 1.165) is 6.42 Å². The van der Waals surface area contributed by atoms with Crippen LogP contribution >= 0.6 is 12.2 Å². The van der Waals surface area contributed by atoms with Gasteiger partial charge in [-0.15, -0.1) is 0 Å². The number of aryl methyl sites for hydroxylation is 1. The molecule has 0 aliphatic rings. The molecule has 0 spiro atoms. The maximum Gasteiger partial charge on any atom is 0.260 e. The Balaban J connectivity index is 2.85. The van der Waals surface area contributed by atoms with Gasteiger partial charge in [0.1, 0.15) is 4.99 Å². The van der Waals surface area contributed by atoms with Crippen LogP contribution in [0.4, 0.5) is 0 Å². The van der Waals surface area contributed by atoms with Crippen LogP contribution in [0.25, 0.3) is 0 Å².